The van der Waals surface area contributed by atoms with Crippen molar-refractivity contribution in [3.05, 3.63) is 32.9 Å². The molecule has 0 bridgehead atoms. The minimum atomic E-state index is -4.77. The number of rotatable bonds is 27. The van der Waals surface area contributed by atoms with Gasteiger partial charge in [-0.1, -0.05) is 96.8 Å². The molecule has 0 aromatic carbocycles. The van der Waals surface area contributed by atoms with Crippen molar-refractivity contribution in [2.75, 3.05) is 40.9 Å². The summed E-state index contributed by atoms with van der Waals surface area (Å²) >= 11 is 0. The summed E-state index contributed by atoms with van der Waals surface area (Å²) < 4.78 is 47.1. The summed E-state index contributed by atoms with van der Waals surface area (Å²) in [7, 11) is 0.767. The van der Waals surface area contributed by atoms with Crippen molar-refractivity contribution in [2.24, 2.45) is 0 Å². The van der Waals surface area contributed by atoms with Gasteiger partial charge in [0.2, 0.25) is 12.1 Å². The Bertz CT molecular complexity index is 1180. The highest BCUT2D eigenvalue weighted by Gasteiger charge is 2.31. The molecule has 0 saturated carbocycles. The first-order valence-electron chi connectivity index (χ1n) is 16.5. The third kappa shape index (κ3) is 21.4. The van der Waals surface area contributed by atoms with E-state index in [0.717, 1.165) is 19.3 Å². The lowest BCUT2D eigenvalue weighted by Gasteiger charge is -2.25. The number of quaternary nitrogens is 1. The molecule has 0 amide bonds. The summed E-state index contributed by atoms with van der Waals surface area (Å²) in [6.45, 7) is 0.839. The van der Waals surface area contributed by atoms with Crippen LogP contribution in [-0.2, 0) is 39.2 Å². The first-order chi connectivity index (χ1) is 21.7. The van der Waals surface area contributed by atoms with E-state index in [9.17, 15) is 33.0 Å². The molecule has 15 heteroatoms. The number of likely N-dealkylation sites (N-methyl/N-ethyl adjacent to an activating group) is 1. The molecular weight excluding hydrogens is 624 g/mol. The molecule has 2 atom stereocenters. The summed E-state index contributed by atoms with van der Waals surface area (Å²) in [6.07, 6.45) is 16.5. The molecule has 1 rings (SSSR count). The van der Waals surface area contributed by atoms with Crippen LogP contribution in [0.5, 0.6) is 0 Å². The van der Waals surface area contributed by atoms with Crippen molar-refractivity contribution in [2.45, 2.75) is 122 Å². The van der Waals surface area contributed by atoms with Gasteiger partial charge in [0, 0.05) is 6.42 Å². The fourth-order valence-electron chi connectivity index (χ4n) is 4.49. The molecule has 266 valence electrons. The summed E-state index contributed by atoms with van der Waals surface area (Å²) in [6, 6.07) is 0. The van der Waals surface area contributed by atoms with Crippen molar-refractivity contribution >= 4 is 19.8 Å². The Labute approximate surface area is 272 Å². The van der Waals surface area contributed by atoms with Crippen LogP contribution in [0.2, 0.25) is 0 Å². The number of unbranched alkanes of at least 4 members (excludes halogenated alkanes) is 14. The van der Waals surface area contributed by atoms with Crippen LogP contribution >= 0.6 is 7.82 Å². The van der Waals surface area contributed by atoms with Gasteiger partial charge in [0.15, 0.2) is 6.61 Å². The predicted molar refractivity (Wildman–Crippen MR) is 171 cm³/mol. The second kappa shape index (κ2) is 23.0. The van der Waals surface area contributed by atoms with Gasteiger partial charge < -0.3 is 18.9 Å². The van der Waals surface area contributed by atoms with Crippen LogP contribution in [0.1, 0.15) is 110 Å². The molecule has 2 N–H and O–H groups in total. The minimum absolute atomic E-state index is 0.0990. The third-order valence-corrected chi connectivity index (χ3v) is 8.17. The number of esters is 2. The molecule has 0 saturated heterocycles. The number of nitrogens with one attached hydrogen (secondary N) is 1. The van der Waals surface area contributed by atoms with Gasteiger partial charge in [-0.25, -0.2) is 13.9 Å². The van der Waals surface area contributed by atoms with Gasteiger partial charge >= 0.3 is 25.5 Å². The van der Waals surface area contributed by atoms with Crippen molar-refractivity contribution in [1.82, 2.24) is 9.55 Å². The lowest BCUT2D eigenvalue weighted by atomic mass is 10.0. The molecule has 13 nitrogen and oxygen atoms in total. The molecule has 46 heavy (non-hydrogen) atoms. The highest BCUT2D eigenvalue weighted by molar-refractivity contribution is 7.47. The molecule has 1 aromatic rings. The molecule has 0 fully saturated rings. The van der Waals surface area contributed by atoms with E-state index in [2.05, 4.69) is 6.92 Å². The number of nitrogens with zero attached hydrogens (tertiary/aromatic N) is 2. The number of halogens is 1. The van der Waals surface area contributed by atoms with E-state index in [1.807, 2.05) is 21.1 Å². The Balaban J connectivity index is 2.44. The standard InChI is InChI=1S/C31H55FN3O10P/c1-5-6-7-8-9-10-11-12-13-14-15-16-17-18-19-20-27(36)42-25-29(45-46(40,41)43-22-21-35(2,3)4)44-28(37)24-34-23-26(32)30(38)33-31(34)39/h23,29H,5-22,24-25H2,1-4H3,(H-,33,38,39,40,41)/p+1. The minimum Gasteiger partial charge on any atom is -0.459 e. The number of aromatic amines is 1. The van der Waals surface area contributed by atoms with E-state index >= 15 is 0 Å². The molecule has 0 radical (unpaired) electrons. The normalized spacial score (nSPS) is 13.7. The fraction of sp³-hybridized carbons (Fsp3) is 0.806. The van der Waals surface area contributed by atoms with Gasteiger partial charge in [-0.2, -0.15) is 4.39 Å². The van der Waals surface area contributed by atoms with Crippen LogP contribution in [0.3, 0.4) is 0 Å². The molecule has 0 aliphatic rings. The number of phosphoric ester groups is 1. The van der Waals surface area contributed by atoms with E-state index in [-0.39, 0.29) is 13.0 Å². The number of phosphoric acid groups is 1. The topological polar surface area (TPSA) is 163 Å². The Hall–Kier alpha value is -2.38. The fourth-order valence-corrected chi connectivity index (χ4v) is 5.27. The molecule has 1 aromatic heterocycles. The summed E-state index contributed by atoms with van der Waals surface area (Å²) in [5, 5.41) is 0. The number of carbonyl (C=O) groups is 2. The number of carbonyl (C=O) groups excluding carboxylic acids is 2. The predicted octanol–water partition coefficient (Wildman–Crippen LogP) is 5.19. The van der Waals surface area contributed by atoms with Crippen LogP contribution < -0.4 is 11.2 Å². The largest absolute Gasteiger partial charge is 0.475 e. The first-order valence-corrected chi connectivity index (χ1v) is 18.0. The maximum absolute atomic E-state index is 13.6. The van der Waals surface area contributed by atoms with Gasteiger partial charge in [0.25, 0.3) is 5.56 Å². The Morgan fingerprint density at radius 1 is 0.913 bits per heavy atom. The van der Waals surface area contributed by atoms with E-state index < -0.39 is 56.3 Å². The zero-order valence-corrected chi connectivity index (χ0v) is 29.0. The highest BCUT2D eigenvalue weighted by Crippen LogP contribution is 2.44. The van der Waals surface area contributed by atoms with Crippen molar-refractivity contribution in [1.29, 1.82) is 0 Å². The summed E-state index contributed by atoms with van der Waals surface area (Å²) in [5.74, 6) is -3.11. The van der Waals surface area contributed by atoms with Gasteiger partial charge in [-0.3, -0.25) is 28.5 Å². The second-order valence-corrected chi connectivity index (χ2v) is 14.0. The smallest absolute Gasteiger partial charge is 0.459 e. The van der Waals surface area contributed by atoms with E-state index in [4.69, 9.17) is 18.5 Å². The summed E-state index contributed by atoms with van der Waals surface area (Å²) in [5.41, 5.74) is -2.34. The van der Waals surface area contributed by atoms with Crippen LogP contribution in [0.15, 0.2) is 15.8 Å². The number of ether oxygens (including phenoxy) is 2. The Morgan fingerprint density at radius 2 is 1.43 bits per heavy atom. The number of H-pyrrole nitrogens is 1. The van der Waals surface area contributed by atoms with Crippen LogP contribution in [0.4, 0.5) is 4.39 Å². The molecule has 0 aliphatic heterocycles. The van der Waals surface area contributed by atoms with Gasteiger partial charge in [-0.05, 0) is 6.42 Å². The van der Waals surface area contributed by atoms with E-state index in [1.165, 1.54) is 70.6 Å². The zero-order chi connectivity index (χ0) is 34.4. The monoisotopic (exact) mass is 680 g/mol. The average molecular weight is 681 g/mol. The number of hydrogen-bond acceptors (Lipinski definition) is 9. The molecule has 1 heterocycles. The third-order valence-electron chi connectivity index (χ3n) is 7.16. The second-order valence-electron chi connectivity index (χ2n) is 12.6. The van der Waals surface area contributed by atoms with Gasteiger partial charge in [0.05, 0.1) is 27.3 Å². The maximum Gasteiger partial charge on any atom is 0.475 e. The average Bonchev–Trinajstić information content (AvgIpc) is 2.95. The SMILES string of the molecule is CCCCCCCCCCCCCCCCCC(=O)OCC(OC(=O)Cn1cc(F)c(=O)[nH]c1=O)OP(=O)(O)OCC[N+](C)(C)C. The molecule has 0 spiro atoms. The first kappa shape index (κ1) is 41.6. The highest BCUT2D eigenvalue weighted by atomic mass is 31.2. The quantitative estimate of drug-likeness (QED) is 0.0416. The molecule has 2 unspecified atom stereocenters. The van der Waals surface area contributed by atoms with Gasteiger partial charge in [0.1, 0.15) is 19.7 Å². The lowest BCUT2D eigenvalue weighted by Crippen LogP contribution is -2.37. The van der Waals surface area contributed by atoms with Crippen molar-refractivity contribution in [3.8, 4) is 0 Å². The number of hydrogen-bond donors (Lipinski definition) is 2. The molecule has 0 aliphatic carbocycles. The van der Waals surface area contributed by atoms with Crippen LogP contribution in [0.25, 0.3) is 0 Å². The zero-order valence-electron chi connectivity index (χ0n) is 28.1. The van der Waals surface area contributed by atoms with E-state index in [1.54, 1.807) is 4.98 Å². The maximum atomic E-state index is 13.6. The van der Waals surface area contributed by atoms with Gasteiger partial charge in [-0.15, -0.1) is 0 Å². The van der Waals surface area contributed by atoms with Crippen molar-refractivity contribution < 1.29 is 46.4 Å². The van der Waals surface area contributed by atoms with Crippen LogP contribution in [-0.4, -0.2) is 78.1 Å². The van der Waals surface area contributed by atoms with Crippen LogP contribution in [0, 0.1) is 5.82 Å². The number of aromatic nitrogens is 2. The van der Waals surface area contributed by atoms with E-state index in [0.29, 0.717) is 28.2 Å². The Kier molecular flexibility index (Phi) is 20.8. The van der Waals surface area contributed by atoms with Crippen molar-refractivity contribution in [3.63, 3.8) is 0 Å². The Morgan fingerprint density at radius 3 is 1.96 bits per heavy atom. The summed E-state index contributed by atoms with van der Waals surface area (Å²) in [4.78, 5) is 59.7. The molecular formula is C31H56FN3O10P+. The lowest BCUT2D eigenvalue weighted by molar-refractivity contribution is -0.870.